The highest BCUT2D eigenvalue weighted by Gasteiger charge is 2.38. The van der Waals surface area contributed by atoms with Crippen LogP contribution in [0.1, 0.15) is 27.2 Å². The lowest BCUT2D eigenvalue weighted by atomic mass is 9.92. The van der Waals surface area contributed by atoms with Crippen LogP contribution in [0.15, 0.2) is 18.2 Å². The van der Waals surface area contributed by atoms with E-state index in [1.54, 1.807) is 23.1 Å². The molecule has 8 nitrogen and oxygen atoms in total. The maximum atomic E-state index is 12.9. The third kappa shape index (κ3) is 4.68. The summed E-state index contributed by atoms with van der Waals surface area (Å²) in [6.45, 7) is 6.83. The monoisotopic (exact) mass is 410 g/mol. The van der Waals surface area contributed by atoms with Crippen LogP contribution < -0.4 is 15.7 Å². The van der Waals surface area contributed by atoms with Gasteiger partial charge in [0.15, 0.2) is 5.69 Å². The van der Waals surface area contributed by atoms with Crippen LogP contribution in [0.5, 0.6) is 0 Å². The minimum atomic E-state index is -0.558. The fraction of sp³-hybridized carbons (Fsp3) is 0.579. The van der Waals surface area contributed by atoms with Gasteiger partial charge in [-0.1, -0.05) is 6.07 Å². The van der Waals surface area contributed by atoms with Crippen molar-refractivity contribution in [3.05, 3.63) is 23.4 Å². The van der Waals surface area contributed by atoms with Crippen molar-refractivity contribution in [2.24, 2.45) is 5.92 Å². The summed E-state index contributed by atoms with van der Waals surface area (Å²) >= 11 is 5.60. The summed E-state index contributed by atoms with van der Waals surface area (Å²) in [7, 11) is 0. The number of ether oxygens (including phenoxy) is 1. The number of carbonyl (C=O) groups excluding carboxylic acids is 2. The third-order valence-electron chi connectivity index (χ3n) is 4.92. The van der Waals surface area contributed by atoms with E-state index in [1.807, 2.05) is 20.8 Å². The molecule has 0 aliphatic carbocycles. The first-order chi connectivity index (χ1) is 13.2. The van der Waals surface area contributed by atoms with Crippen molar-refractivity contribution < 1.29 is 19.4 Å². The lowest BCUT2D eigenvalue weighted by Gasteiger charge is -2.38. The molecular weight excluding hydrogens is 384 g/mol. The summed E-state index contributed by atoms with van der Waals surface area (Å²) in [5.41, 5.74) is 1.17. The van der Waals surface area contributed by atoms with Gasteiger partial charge in [0.05, 0.1) is 12.2 Å². The molecule has 2 amide bonds. The average Bonchev–Trinajstić information content (AvgIpc) is 2.76. The molecule has 3 unspecified atom stereocenters. The fourth-order valence-electron chi connectivity index (χ4n) is 3.68. The third-order valence-corrected chi connectivity index (χ3v) is 5.17. The molecular formula is C19H27ClN4O4. The number of amides is 2. The Bertz CT molecular complexity index is 752. The number of nitrogens with zero attached hydrogens (tertiary/aromatic N) is 1. The molecule has 0 spiro atoms. The Morgan fingerprint density at radius 3 is 2.86 bits per heavy atom. The Kier molecular flexibility index (Phi) is 6.02. The Morgan fingerprint density at radius 1 is 1.43 bits per heavy atom. The molecule has 3 N–H and O–H groups in total. The number of piperidine rings is 1. The SMILES string of the molecule is CC(C)(C)OC(=O)N1CCC2Nc3c(NC(=O)CCl)cccc3[NH+]([O-])CC2C1. The number of hydrogen-bond acceptors (Lipinski definition) is 5. The van der Waals surface area contributed by atoms with E-state index in [1.165, 1.54) is 0 Å². The number of hydroxylamine groups is 1. The van der Waals surface area contributed by atoms with Crippen molar-refractivity contribution in [1.82, 2.24) is 4.90 Å². The summed E-state index contributed by atoms with van der Waals surface area (Å²) in [4.78, 5) is 25.8. The normalized spacial score (nSPS) is 24.3. The molecule has 0 aromatic heterocycles. The van der Waals surface area contributed by atoms with Gasteiger partial charge < -0.3 is 30.5 Å². The van der Waals surface area contributed by atoms with E-state index in [0.29, 0.717) is 43.1 Å². The molecule has 2 aliphatic heterocycles. The molecule has 3 atom stereocenters. The zero-order valence-corrected chi connectivity index (χ0v) is 17.1. The lowest BCUT2D eigenvalue weighted by Crippen LogP contribution is -3.03. The van der Waals surface area contributed by atoms with Gasteiger partial charge in [0.25, 0.3) is 0 Å². The van der Waals surface area contributed by atoms with Gasteiger partial charge in [-0.15, -0.1) is 11.6 Å². The maximum Gasteiger partial charge on any atom is 0.410 e. The molecule has 1 aromatic carbocycles. The zero-order valence-electron chi connectivity index (χ0n) is 16.4. The van der Waals surface area contributed by atoms with Gasteiger partial charge in [0.2, 0.25) is 5.91 Å². The van der Waals surface area contributed by atoms with E-state index in [0.717, 1.165) is 0 Å². The number of quaternary nitrogens is 1. The first kappa shape index (κ1) is 20.7. The molecule has 0 radical (unpaired) electrons. The van der Waals surface area contributed by atoms with Crippen molar-refractivity contribution in [1.29, 1.82) is 0 Å². The molecule has 2 aliphatic rings. The standard InChI is InChI=1S/C19H27ClN4O4/c1-19(2,3)28-18(26)23-8-7-13-12(10-23)11-24(27)15-6-4-5-14(17(15)22-13)21-16(25)9-20/h4-6,12-13,22,24H,7-11H2,1-3H3,(H,21,25). The van der Waals surface area contributed by atoms with Crippen molar-refractivity contribution in [2.75, 3.05) is 36.1 Å². The molecule has 1 fully saturated rings. The maximum absolute atomic E-state index is 12.9. The van der Waals surface area contributed by atoms with Gasteiger partial charge in [-0.05, 0) is 33.3 Å². The average molecular weight is 411 g/mol. The van der Waals surface area contributed by atoms with Crippen LogP contribution >= 0.6 is 11.6 Å². The number of hydrogen-bond donors (Lipinski definition) is 3. The van der Waals surface area contributed by atoms with E-state index in [2.05, 4.69) is 10.6 Å². The highest BCUT2D eigenvalue weighted by atomic mass is 35.5. The molecule has 1 aromatic rings. The number of fused-ring (bicyclic) bond motifs is 2. The topological polar surface area (TPSA) is 98.2 Å². The van der Waals surface area contributed by atoms with Crippen LogP contribution in [-0.2, 0) is 9.53 Å². The number of rotatable bonds is 2. The number of halogens is 1. The minimum absolute atomic E-state index is 0.0111. The van der Waals surface area contributed by atoms with Crippen LogP contribution in [0.2, 0.25) is 0 Å². The van der Waals surface area contributed by atoms with Crippen LogP contribution in [-0.4, -0.2) is 54.1 Å². The van der Waals surface area contributed by atoms with Gasteiger partial charge in [0.1, 0.15) is 17.2 Å². The molecule has 154 valence electrons. The van der Waals surface area contributed by atoms with Crippen LogP contribution in [0.3, 0.4) is 0 Å². The van der Waals surface area contributed by atoms with Gasteiger partial charge >= 0.3 is 6.09 Å². The van der Waals surface area contributed by atoms with E-state index in [4.69, 9.17) is 16.3 Å². The summed E-state index contributed by atoms with van der Waals surface area (Å²) < 4.78 is 5.47. The highest BCUT2D eigenvalue weighted by molar-refractivity contribution is 6.29. The second-order valence-electron chi connectivity index (χ2n) is 8.26. The smallest absolute Gasteiger partial charge is 0.410 e. The van der Waals surface area contributed by atoms with Crippen LogP contribution in [0.25, 0.3) is 0 Å². The minimum Gasteiger partial charge on any atom is -0.629 e. The number of para-hydroxylation sites is 1. The molecule has 2 heterocycles. The molecule has 0 saturated carbocycles. The Labute approximate surface area is 169 Å². The van der Waals surface area contributed by atoms with Crippen molar-refractivity contribution in [2.45, 2.75) is 38.8 Å². The van der Waals surface area contributed by atoms with Gasteiger partial charge in [-0.3, -0.25) is 4.79 Å². The van der Waals surface area contributed by atoms with Crippen LogP contribution in [0.4, 0.5) is 21.9 Å². The van der Waals surface area contributed by atoms with Gasteiger partial charge in [0, 0.05) is 31.1 Å². The summed E-state index contributed by atoms with van der Waals surface area (Å²) in [6.07, 6.45) is 0.337. The van der Waals surface area contributed by atoms with E-state index >= 15 is 0 Å². The first-order valence-electron chi connectivity index (χ1n) is 9.44. The molecule has 9 heteroatoms. The molecule has 0 bridgehead atoms. The second-order valence-corrected chi connectivity index (χ2v) is 8.53. The quantitative estimate of drug-likeness (QED) is 0.511. The predicted octanol–water partition coefficient (Wildman–Crippen LogP) is 1.93. The molecule has 28 heavy (non-hydrogen) atoms. The van der Waals surface area contributed by atoms with E-state index in [9.17, 15) is 14.8 Å². The number of carbonyl (C=O) groups is 2. The Balaban J connectivity index is 1.78. The predicted molar refractivity (Wildman–Crippen MR) is 108 cm³/mol. The fourth-order valence-corrected chi connectivity index (χ4v) is 3.75. The highest BCUT2D eigenvalue weighted by Crippen LogP contribution is 2.34. The summed E-state index contributed by atoms with van der Waals surface area (Å²) in [5, 5.41) is 19.0. The Hall–Kier alpha value is -2.03. The number of anilines is 2. The molecule has 1 saturated heterocycles. The number of nitrogens with one attached hydrogen (secondary N) is 3. The first-order valence-corrected chi connectivity index (χ1v) is 9.98. The van der Waals surface area contributed by atoms with E-state index in [-0.39, 0.29) is 34.9 Å². The van der Waals surface area contributed by atoms with Crippen LogP contribution in [0, 0.1) is 11.1 Å². The second kappa shape index (κ2) is 8.14. The molecule has 3 rings (SSSR count). The Morgan fingerprint density at radius 2 is 2.18 bits per heavy atom. The summed E-state index contributed by atoms with van der Waals surface area (Å²) in [5.74, 6) is -0.517. The lowest BCUT2D eigenvalue weighted by molar-refractivity contribution is -0.779. The van der Waals surface area contributed by atoms with Gasteiger partial charge in [-0.2, -0.15) is 0 Å². The summed E-state index contributed by atoms with van der Waals surface area (Å²) in [6, 6.07) is 5.27. The number of alkyl halides is 1. The number of likely N-dealkylation sites (tertiary alicyclic amines) is 1. The van der Waals surface area contributed by atoms with Crippen molar-refractivity contribution >= 4 is 40.7 Å². The van der Waals surface area contributed by atoms with Gasteiger partial charge in [-0.25, -0.2) is 4.79 Å². The largest absolute Gasteiger partial charge is 0.629 e. The number of benzene rings is 1. The van der Waals surface area contributed by atoms with Crippen molar-refractivity contribution in [3.63, 3.8) is 0 Å². The van der Waals surface area contributed by atoms with E-state index < -0.39 is 5.60 Å². The zero-order chi connectivity index (χ0) is 20.5. The van der Waals surface area contributed by atoms with Crippen molar-refractivity contribution in [3.8, 4) is 0 Å².